The van der Waals surface area contributed by atoms with E-state index in [0.717, 1.165) is 121 Å². The summed E-state index contributed by atoms with van der Waals surface area (Å²) in [4.78, 5) is 121. The molecule has 5 aliphatic rings. The van der Waals surface area contributed by atoms with Crippen LogP contribution in [-0.2, 0) is 38.4 Å². The highest BCUT2D eigenvalue weighted by atomic mass is 19.1. The summed E-state index contributed by atoms with van der Waals surface area (Å²) in [5.74, 6) is -2.30. The molecule has 3 fully saturated rings. The summed E-state index contributed by atoms with van der Waals surface area (Å²) in [6, 6.07) is 49.3. The van der Waals surface area contributed by atoms with E-state index in [-0.39, 0.29) is 61.8 Å². The average Bonchev–Trinajstić information content (AvgIpc) is 1.67. The SMILES string of the molecule is C.C.CC(=O)C1([C@@H](CC(C)C)C(=O)NC2N=C(c3ccccc3)c3ccccc3N(C)C2=O)CCCC1.CC(=O)C1([C@@H](CC(C)C)C(=O)O)CCCC1.CC(=O)C1([C@@H](CC(C)C)C(=O)On2nnc3ccccc32)CCCC1.CN1C(=O)C(N)N=C(c2ccccc2)c2ccccc21.On1nnc2ccccc21.[2H]CF. The number of carboxylic acid groups (broad SMARTS) is 1. The van der Waals surface area contributed by atoms with Crippen molar-refractivity contribution in [1.82, 2.24) is 35.6 Å². The second-order valence-electron chi connectivity index (χ2n) is 29.8. The first-order valence-electron chi connectivity index (χ1n) is 38.0. The van der Waals surface area contributed by atoms with Gasteiger partial charge in [0.1, 0.15) is 39.4 Å². The average molecular weight is 1510 g/mol. The van der Waals surface area contributed by atoms with Gasteiger partial charge in [0.25, 0.3) is 11.8 Å². The van der Waals surface area contributed by atoms with Crippen molar-refractivity contribution in [2.24, 2.45) is 67.5 Å². The topological polar surface area (TPSA) is 317 Å². The minimum absolute atomic E-state index is 0. The number of aliphatic imine (C=N–C) groups is 2. The fraction of sp³-hybridized carbons (Fsp3) is 0.465. The number of aliphatic carboxylic acids is 1. The van der Waals surface area contributed by atoms with E-state index >= 15 is 0 Å². The first-order valence-corrected chi connectivity index (χ1v) is 37.3. The number of carboxylic acids is 1. The van der Waals surface area contributed by atoms with E-state index in [4.69, 9.17) is 22.1 Å². The number of nitrogens with two attached hydrogens (primary N) is 1. The number of halogens is 1. The molecule has 0 bridgehead atoms. The van der Waals surface area contributed by atoms with E-state index in [0.29, 0.717) is 58.9 Å². The Bertz CT molecular complexity index is 4510. The second kappa shape index (κ2) is 40.3. The van der Waals surface area contributed by atoms with E-state index in [9.17, 15) is 47.9 Å². The zero-order valence-corrected chi connectivity index (χ0v) is 63.9. The van der Waals surface area contributed by atoms with E-state index in [1.807, 2.05) is 153 Å². The molecule has 0 saturated heterocycles. The maximum absolute atomic E-state index is 13.8. The van der Waals surface area contributed by atoms with Gasteiger partial charge in [-0.2, -0.15) is 0 Å². The van der Waals surface area contributed by atoms with Gasteiger partial charge < -0.3 is 36.0 Å². The minimum Gasteiger partial charge on any atom is -0.481 e. The van der Waals surface area contributed by atoms with Crippen LogP contribution >= 0.6 is 0 Å². The van der Waals surface area contributed by atoms with Crippen molar-refractivity contribution < 1.29 is 59.3 Å². The summed E-state index contributed by atoms with van der Waals surface area (Å²) >= 11 is 0. The number of ketones is 3. The number of hydrogen-bond acceptors (Lipinski definition) is 17. The van der Waals surface area contributed by atoms with Gasteiger partial charge in [-0.3, -0.25) is 42.9 Å². The first-order chi connectivity index (χ1) is 52.1. The zero-order chi connectivity index (χ0) is 79.3. The molecular weight excluding hydrogens is 1400 g/mol. The molecule has 23 nitrogen and oxygen atoms in total. The highest BCUT2D eigenvalue weighted by molar-refractivity contribution is 6.21. The number of Topliss-reactive ketones (excluding diaryl/α,β-unsaturated/α-hetero) is 3. The summed E-state index contributed by atoms with van der Waals surface area (Å²) in [5, 5.41) is 36.3. The smallest absolute Gasteiger partial charge is 0.339 e. The number of alkyl halides is 1. The third-order valence-corrected chi connectivity index (χ3v) is 21.5. The number of nitrogens with zero attached hydrogens (tertiary/aromatic N) is 10. The van der Waals surface area contributed by atoms with Crippen molar-refractivity contribution in [2.45, 2.75) is 186 Å². The van der Waals surface area contributed by atoms with Gasteiger partial charge in [-0.25, -0.2) is 9.79 Å². The Morgan fingerprint density at radius 3 is 1.35 bits per heavy atom. The molecule has 590 valence electrons. The Morgan fingerprint density at radius 2 is 0.900 bits per heavy atom. The highest BCUT2D eigenvalue weighted by Crippen LogP contribution is 2.50. The fourth-order valence-corrected chi connectivity index (χ4v) is 15.9. The molecule has 110 heavy (non-hydrogen) atoms. The van der Waals surface area contributed by atoms with Gasteiger partial charge in [-0.05, 0) is 143 Å². The van der Waals surface area contributed by atoms with E-state index < -0.39 is 59.5 Å². The van der Waals surface area contributed by atoms with Crippen molar-refractivity contribution in [1.29, 1.82) is 0 Å². The number of nitrogens with one attached hydrogen (secondary N) is 1. The number of benzodiazepines with no additional fused rings is 2. The Hall–Kier alpha value is -10.5. The molecule has 13 rings (SSSR count). The van der Waals surface area contributed by atoms with Crippen LogP contribution < -0.4 is 25.7 Å². The van der Waals surface area contributed by atoms with Crippen molar-refractivity contribution in [2.75, 3.05) is 31.0 Å². The number of anilines is 2. The normalized spacial score (nSPS) is 17.9. The summed E-state index contributed by atoms with van der Waals surface area (Å²) in [5.41, 5.74) is 13.3. The molecule has 5 N–H and O–H groups in total. The van der Waals surface area contributed by atoms with E-state index in [1.54, 1.807) is 62.9 Å². The lowest BCUT2D eigenvalue weighted by atomic mass is 9.67. The number of aromatic nitrogens is 6. The highest BCUT2D eigenvalue weighted by Gasteiger charge is 2.52. The third kappa shape index (κ3) is 20.5. The van der Waals surface area contributed by atoms with Crippen LogP contribution in [0.4, 0.5) is 15.8 Å². The molecule has 24 heteroatoms. The number of amides is 3. The fourth-order valence-electron chi connectivity index (χ4n) is 15.9. The van der Waals surface area contributed by atoms with Gasteiger partial charge in [-0.1, -0.05) is 226 Å². The molecule has 3 aliphatic carbocycles. The summed E-state index contributed by atoms with van der Waals surface area (Å²) in [6.45, 7) is 17.1. The molecule has 3 amide bonds. The second-order valence-corrected chi connectivity index (χ2v) is 29.8. The van der Waals surface area contributed by atoms with Crippen molar-refractivity contribution >= 4 is 91.9 Å². The molecule has 6 aromatic carbocycles. The monoisotopic (exact) mass is 1510 g/mol. The molecule has 0 radical (unpaired) electrons. The number of carbonyl (C=O) groups excluding carboxylic acids is 7. The van der Waals surface area contributed by atoms with Gasteiger partial charge in [0.15, 0.2) is 6.17 Å². The van der Waals surface area contributed by atoms with Crippen LogP contribution in [0.2, 0.25) is 0 Å². The van der Waals surface area contributed by atoms with Gasteiger partial charge in [-0.15, -0.1) is 10.2 Å². The molecule has 5 atom stereocenters. The van der Waals surface area contributed by atoms with Crippen LogP contribution in [-0.4, -0.2) is 133 Å². The number of fused-ring (bicyclic) bond motifs is 4. The van der Waals surface area contributed by atoms with E-state index in [1.165, 1.54) is 4.85 Å². The number of para-hydroxylation sites is 4. The maximum atomic E-state index is 13.8. The first kappa shape index (κ1) is 86.7. The molecule has 8 aromatic rings. The lowest BCUT2D eigenvalue weighted by Crippen LogP contribution is -2.52. The van der Waals surface area contributed by atoms with Crippen LogP contribution in [0.1, 0.15) is 197 Å². The van der Waals surface area contributed by atoms with Gasteiger partial charge >= 0.3 is 11.9 Å². The molecule has 2 unspecified atom stereocenters. The van der Waals surface area contributed by atoms with Crippen molar-refractivity contribution in [3.63, 3.8) is 0 Å². The number of carbonyl (C=O) groups is 8. The third-order valence-electron chi connectivity index (χ3n) is 21.5. The Labute approximate surface area is 648 Å². The summed E-state index contributed by atoms with van der Waals surface area (Å²) < 4.78 is 15.5. The Balaban J connectivity index is 0.000000224. The Kier molecular flexibility index (Phi) is 31.8. The van der Waals surface area contributed by atoms with Crippen LogP contribution in [0.3, 0.4) is 0 Å². The zero-order valence-electron chi connectivity index (χ0n) is 64.9. The molecule has 2 aliphatic heterocycles. The lowest BCUT2D eigenvalue weighted by Gasteiger charge is -2.36. The number of hydrogen-bond donors (Lipinski definition) is 4. The van der Waals surface area contributed by atoms with Crippen molar-refractivity contribution in [3.8, 4) is 0 Å². The molecule has 4 heterocycles. The predicted molar refractivity (Wildman–Crippen MR) is 429 cm³/mol. The van der Waals surface area contributed by atoms with Crippen LogP contribution in [0.25, 0.3) is 22.1 Å². The maximum Gasteiger partial charge on any atom is 0.339 e. The molecule has 3 saturated carbocycles. The van der Waals surface area contributed by atoms with E-state index in [2.05, 4.69) is 58.6 Å². The Morgan fingerprint density at radius 1 is 0.536 bits per heavy atom. The van der Waals surface area contributed by atoms with Crippen LogP contribution in [0.5, 0.6) is 0 Å². The van der Waals surface area contributed by atoms with Gasteiger partial charge in [0, 0.05) is 52.6 Å². The molecule has 0 spiro atoms. The lowest BCUT2D eigenvalue weighted by molar-refractivity contribution is -0.160. The van der Waals surface area contributed by atoms with Gasteiger partial charge in [0.05, 0.1) is 49.1 Å². The summed E-state index contributed by atoms with van der Waals surface area (Å²) in [7, 11) is 2.44. The number of benzene rings is 6. The number of likely N-dealkylation sites (N-methyl/N-ethyl adjacent to an activating group) is 2. The molecule has 2 aromatic heterocycles. The van der Waals surface area contributed by atoms with Crippen LogP contribution in [0.15, 0.2) is 168 Å². The predicted octanol–water partition coefficient (Wildman–Crippen LogP) is 15.1. The number of rotatable bonds is 19. The summed E-state index contributed by atoms with van der Waals surface area (Å²) in [6.07, 6.45) is 10.2. The largest absolute Gasteiger partial charge is 0.481 e. The molecular formula is C86H113FN12O11. The van der Waals surface area contributed by atoms with Gasteiger partial charge in [0.2, 0.25) is 12.1 Å². The standard InChI is InChI=1S/C29H35N3O3.C19H25N3O3.C16H15N3O.C13H22O3.C6H5N3O.CH3F.2CH4/c1-19(2)18-23(29(20(3)33)16-10-11-17-29)27(34)31-26-28(35)32(4)24-15-9-8-14-22(24)25(30-26)21-12-6-5-7-13-21;1-13(2)12-15(19(14(3)23)10-6-7-11-19)18(24)25-22-17-9-5-4-8-16(17)20-21-22;1-19-13-10-6-5-9-12(13)14(18-15(17)16(19)20)11-7-3-2-4-8-11;1-9(2)8-11(12(15)16)13(10(3)14)6-4-5-7-13;10-9-6-4-2-1-3-5(6)7-8-9;1-2;;/h5-9,12-15,19,23,26H,10-11,16-18H2,1-4H3,(H,31,34);4-5,8-9,13,15H,6-7,10-12H2,1-3H3;2-10,15H,17H2,1H3;9,11H,4-8H2,1-3H3,(H,15,16);1-4,10H;1H3;2*1H4/t23-,26?;15-;;11-;;;;/m00.0..../s1/i;;;;;1D;;. The quantitative estimate of drug-likeness (QED) is 0.0432. The minimum atomic E-state index is -1.07. The van der Waals surface area contributed by atoms with Crippen LogP contribution in [0, 0.1) is 51.8 Å². The van der Waals surface area contributed by atoms with Crippen molar-refractivity contribution in [3.05, 3.63) is 180 Å².